The summed E-state index contributed by atoms with van der Waals surface area (Å²) >= 11 is 0. The van der Waals surface area contributed by atoms with Gasteiger partial charge < -0.3 is 20.1 Å². The molecule has 0 radical (unpaired) electrons. The van der Waals surface area contributed by atoms with Crippen LogP contribution in [0.3, 0.4) is 0 Å². The summed E-state index contributed by atoms with van der Waals surface area (Å²) in [5.74, 6) is 0.734. The fraction of sp³-hybridized carbons (Fsp3) is 0.316. The van der Waals surface area contributed by atoms with Gasteiger partial charge in [0.2, 0.25) is 0 Å². The van der Waals surface area contributed by atoms with Crippen molar-refractivity contribution in [3.63, 3.8) is 0 Å². The number of nitrogens with zero attached hydrogens (tertiary/aromatic N) is 1. The molecule has 1 amide bonds. The minimum absolute atomic E-state index is 0.484. The molecule has 1 aliphatic rings. The molecule has 3 rings (SSSR count). The molecular formula is C19H22N2O3. The molecule has 5 heteroatoms. The first-order chi connectivity index (χ1) is 11.4. The van der Waals surface area contributed by atoms with Gasteiger partial charge in [-0.3, -0.25) is 0 Å². The lowest BCUT2D eigenvalue weighted by Crippen LogP contribution is -2.36. The number of anilines is 1. The van der Waals surface area contributed by atoms with Crippen LogP contribution in [-0.4, -0.2) is 26.8 Å². The first kappa shape index (κ1) is 16.2. The number of primary amides is 1. The van der Waals surface area contributed by atoms with E-state index in [1.807, 2.05) is 45.3 Å². The van der Waals surface area contributed by atoms with Crippen LogP contribution in [0.1, 0.15) is 18.9 Å². The lowest BCUT2D eigenvalue weighted by Gasteiger charge is -2.34. The highest BCUT2D eigenvalue weighted by atomic mass is 16.6. The number of carbonyl (C=O) groups excluding carboxylic acids is 1. The van der Waals surface area contributed by atoms with Gasteiger partial charge in [0, 0.05) is 31.8 Å². The summed E-state index contributed by atoms with van der Waals surface area (Å²) in [6, 6.07) is 14.3. The van der Waals surface area contributed by atoms with Crippen LogP contribution in [0.5, 0.6) is 5.75 Å². The second kappa shape index (κ2) is 6.07. The third-order valence-electron chi connectivity index (χ3n) is 4.41. The number of fused-ring (bicyclic) bond motifs is 1. The molecule has 1 unspecified atom stereocenters. The number of amides is 1. The number of carbonyl (C=O) groups is 1. The maximum absolute atomic E-state index is 11.2. The van der Waals surface area contributed by atoms with Gasteiger partial charge >= 0.3 is 6.09 Å². The molecule has 126 valence electrons. The Morgan fingerprint density at radius 2 is 1.96 bits per heavy atom. The molecule has 2 aromatic carbocycles. The van der Waals surface area contributed by atoms with Crippen molar-refractivity contribution in [1.29, 1.82) is 0 Å². The van der Waals surface area contributed by atoms with Gasteiger partial charge in [-0.05, 0) is 36.2 Å². The Morgan fingerprint density at radius 1 is 1.21 bits per heavy atom. The van der Waals surface area contributed by atoms with E-state index >= 15 is 0 Å². The van der Waals surface area contributed by atoms with Crippen molar-refractivity contribution in [1.82, 2.24) is 0 Å². The summed E-state index contributed by atoms with van der Waals surface area (Å²) in [5, 5.41) is 0. The highest BCUT2D eigenvalue weighted by Crippen LogP contribution is 2.41. The van der Waals surface area contributed by atoms with Crippen LogP contribution in [0.15, 0.2) is 42.5 Å². The van der Waals surface area contributed by atoms with Crippen LogP contribution in [0.4, 0.5) is 10.5 Å². The third kappa shape index (κ3) is 3.02. The predicted molar refractivity (Wildman–Crippen MR) is 94.3 cm³/mol. The van der Waals surface area contributed by atoms with Gasteiger partial charge in [-0.15, -0.1) is 0 Å². The van der Waals surface area contributed by atoms with Gasteiger partial charge in [0.25, 0.3) is 0 Å². The topological polar surface area (TPSA) is 64.8 Å². The maximum Gasteiger partial charge on any atom is 0.405 e. The van der Waals surface area contributed by atoms with Crippen LogP contribution in [0.2, 0.25) is 0 Å². The van der Waals surface area contributed by atoms with Gasteiger partial charge in [0.15, 0.2) is 0 Å². The van der Waals surface area contributed by atoms with Crippen molar-refractivity contribution in [3.8, 4) is 16.9 Å². The Labute approximate surface area is 142 Å². The first-order valence-electron chi connectivity index (χ1n) is 7.92. The van der Waals surface area contributed by atoms with E-state index in [1.165, 1.54) is 0 Å². The van der Waals surface area contributed by atoms with Gasteiger partial charge in [0.05, 0.1) is 6.61 Å². The van der Waals surface area contributed by atoms with E-state index in [-0.39, 0.29) is 0 Å². The molecule has 0 fully saturated rings. The van der Waals surface area contributed by atoms with E-state index in [0.717, 1.165) is 28.1 Å². The fourth-order valence-electron chi connectivity index (χ4n) is 3.04. The zero-order valence-corrected chi connectivity index (χ0v) is 14.2. The monoisotopic (exact) mass is 326 g/mol. The maximum atomic E-state index is 11.2. The molecule has 2 N–H and O–H groups in total. The summed E-state index contributed by atoms with van der Waals surface area (Å²) in [7, 11) is 4.03. The minimum atomic E-state index is -0.770. The molecule has 5 nitrogen and oxygen atoms in total. The Balaban J connectivity index is 2.00. The lowest BCUT2D eigenvalue weighted by molar-refractivity contribution is -0.00280. The molecular weight excluding hydrogens is 304 g/mol. The molecule has 0 saturated heterocycles. The molecule has 0 aromatic heterocycles. The molecule has 1 heterocycles. The standard InChI is InChI=1S/C19H22N2O3/c1-19(24-18(20)22)9-10-23-17-12-14(7-8-16(17)19)13-5-4-6-15(11-13)21(2)3/h4-8,11-12H,9-10H2,1-3H3,(H2,20,22). The smallest absolute Gasteiger partial charge is 0.405 e. The molecule has 2 aromatic rings. The van der Waals surface area contributed by atoms with Gasteiger partial charge in [-0.2, -0.15) is 0 Å². The number of benzene rings is 2. The fourth-order valence-corrected chi connectivity index (χ4v) is 3.04. The Hall–Kier alpha value is -2.69. The number of nitrogens with two attached hydrogens (primary N) is 1. The molecule has 1 atom stereocenters. The second-order valence-electron chi connectivity index (χ2n) is 6.41. The Morgan fingerprint density at radius 3 is 2.67 bits per heavy atom. The summed E-state index contributed by atoms with van der Waals surface area (Å²) < 4.78 is 11.2. The van der Waals surface area contributed by atoms with E-state index in [2.05, 4.69) is 23.1 Å². The van der Waals surface area contributed by atoms with Crippen LogP contribution in [0.25, 0.3) is 11.1 Å². The SMILES string of the molecule is CN(C)c1cccc(-c2ccc3c(c2)OCCC3(C)OC(N)=O)c1. The van der Waals surface area contributed by atoms with E-state index < -0.39 is 11.7 Å². The van der Waals surface area contributed by atoms with Crippen molar-refractivity contribution in [2.45, 2.75) is 18.9 Å². The third-order valence-corrected chi connectivity index (χ3v) is 4.41. The predicted octanol–water partition coefficient (Wildman–Crippen LogP) is 3.51. The highest BCUT2D eigenvalue weighted by molar-refractivity contribution is 5.71. The number of hydrogen-bond acceptors (Lipinski definition) is 4. The number of ether oxygens (including phenoxy) is 2. The van der Waals surface area contributed by atoms with Gasteiger partial charge in [-0.1, -0.05) is 24.3 Å². The van der Waals surface area contributed by atoms with Crippen LogP contribution in [0, 0.1) is 0 Å². The average Bonchev–Trinajstić information content (AvgIpc) is 2.54. The summed E-state index contributed by atoms with van der Waals surface area (Å²) in [4.78, 5) is 13.3. The zero-order valence-electron chi connectivity index (χ0n) is 14.2. The zero-order chi connectivity index (χ0) is 17.3. The lowest BCUT2D eigenvalue weighted by atomic mass is 9.88. The highest BCUT2D eigenvalue weighted by Gasteiger charge is 2.36. The van der Waals surface area contributed by atoms with Crippen LogP contribution in [-0.2, 0) is 10.3 Å². The van der Waals surface area contributed by atoms with E-state index in [1.54, 1.807) is 0 Å². The first-order valence-corrected chi connectivity index (χ1v) is 7.92. The van der Waals surface area contributed by atoms with E-state index in [9.17, 15) is 4.79 Å². The van der Waals surface area contributed by atoms with Crippen molar-refractivity contribution < 1.29 is 14.3 Å². The molecule has 0 spiro atoms. The minimum Gasteiger partial charge on any atom is -0.493 e. The van der Waals surface area contributed by atoms with Gasteiger partial charge in [-0.25, -0.2) is 4.79 Å². The van der Waals surface area contributed by atoms with E-state index in [0.29, 0.717) is 13.0 Å². The average molecular weight is 326 g/mol. The quantitative estimate of drug-likeness (QED) is 0.937. The number of rotatable bonds is 3. The summed E-state index contributed by atoms with van der Waals surface area (Å²) in [6.07, 6.45) is -0.189. The normalized spacial score (nSPS) is 19.1. The molecule has 1 aliphatic heterocycles. The van der Waals surface area contributed by atoms with Crippen molar-refractivity contribution >= 4 is 11.8 Å². The summed E-state index contributed by atoms with van der Waals surface area (Å²) in [6.45, 7) is 2.35. The van der Waals surface area contributed by atoms with E-state index in [4.69, 9.17) is 15.2 Å². The van der Waals surface area contributed by atoms with Gasteiger partial charge in [0.1, 0.15) is 11.4 Å². The summed E-state index contributed by atoms with van der Waals surface area (Å²) in [5.41, 5.74) is 8.62. The van der Waals surface area contributed by atoms with Crippen molar-refractivity contribution in [3.05, 3.63) is 48.0 Å². The molecule has 0 saturated carbocycles. The molecule has 0 aliphatic carbocycles. The largest absolute Gasteiger partial charge is 0.493 e. The second-order valence-corrected chi connectivity index (χ2v) is 6.41. The Kier molecular flexibility index (Phi) is 4.09. The Bertz CT molecular complexity index is 773. The van der Waals surface area contributed by atoms with Crippen molar-refractivity contribution in [2.24, 2.45) is 5.73 Å². The number of hydrogen-bond donors (Lipinski definition) is 1. The van der Waals surface area contributed by atoms with Crippen molar-refractivity contribution in [2.75, 3.05) is 25.6 Å². The molecule has 24 heavy (non-hydrogen) atoms. The van der Waals surface area contributed by atoms with Crippen LogP contribution < -0.4 is 15.4 Å². The van der Waals surface area contributed by atoms with Crippen LogP contribution >= 0.6 is 0 Å². The molecule has 0 bridgehead atoms.